The maximum Gasteiger partial charge on any atom is 0.191 e. The monoisotopic (exact) mass is 561 g/mol. The molecule has 1 fully saturated rings. The van der Waals surface area contributed by atoms with E-state index in [-0.39, 0.29) is 24.0 Å². The van der Waals surface area contributed by atoms with Crippen LogP contribution in [0.1, 0.15) is 17.7 Å². The topological polar surface area (TPSA) is 74.9 Å². The van der Waals surface area contributed by atoms with Crippen LogP contribution < -0.4 is 20.3 Å². The summed E-state index contributed by atoms with van der Waals surface area (Å²) < 4.78 is 10.7. The molecule has 3 heterocycles. The van der Waals surface area contributed by atoms with Crippen LogP contribution in [0.5, 0.6) is 5.75 Å². The van der Waals surface area contributed by atoms with Crippen molar-refractivity contribution in [3.05, 3.63) is 78.4 Å². The van der Waals surface area contributed by atoms with Crippen LogP contribution in [0.3, 0.4) is 0 Å². The third-order valence-corrected chi connectivity index (χ3v) is 5.58. The summed E-state index contributed by atoms with van der Waals surface area (Å²) >= 11 is 0. The van der Waals surface area contributed by atoms with Crippen LogP contribution in [0.25, 0.3) is 0 Å². The van der Waals surface area contributed by atoms with Crippen molar-refractivity contribution >= 4 is 35.8 Å². The van der Waals surface area contributed by atoms with Crippen LogP contribution in [0, 0.1) is 0 Å². The van der Waals surface area contributed by atoms with Gasteiger partial charge in [0.05, 0.1) is 13.4 Å². The van der Waals surface area contributed by atoms with Crippen LogP contribution in [0.2, 0.25) is 0 Å². The average molecular weight is 561 g/mol. The maximum absolute atomic E-state index is 5.44. The Morgan fingerprint density at radius 1 is 1.15 bits per heavy atom. The van der Waals surface area contributed by atoms with E-state index in [1.165, 1.54) is 5.56 Å². The fraction of sp³-hybridized carbons (Fsp3) is 0.360. The highest BCUT2D eigenvalue weighted by molar-refractivity contribution is 14.0. The lowest BCUT2D eigenvalue weighted by Crippen LogP contribution is -2.45. The zero-order valence-electron chi connectivity index (χ0n) is 18.9. The Hall–Kier alpha value is -2.75. The number of nitrogens with one attached hydrogen (secondary N) is 2. The first-order valence-corrected chi connectivity index (χ1v) is 11.2. The fourth-order valence-electron chi connectivity index (χ4n) is 3.82. The Morgan fingerprint density at radius 3 is 2.76 bits per heavy atom. The standard InChI is InChI=1S/C25H31N5O2.HI/c1-31-22-9-7-20(8-10-22)11-15-27-25(28-16-12-23-5-4-18-32-23)29-21-13-17-30(19-21)24-6-2-3-14-26-24;/h2-10,14,18,21H,11-13,15-17,19H2,1H3,(H2,27,28,29);1H. The normalized spacial score (nSPS) is 15.7. The van der Waals surface area contributed by atoms with E-state index in [0.29, 0.717) is 12.6 Å². The number of anilines is 1. The van der Waals surface area contributed by atoms with Gasteiger partial charge in [-0.15, -0.1) is 24.0 Å². The SMILES string of the molecule is COc1ccc(CCNC(=NCCc2ccco2)NC2CCN(c3ccccn3)C2)cc1.I. The van der Waals surface area contributed by atoms with E-state index in [4.69, 9.17) is 14.1 Å². The molecule has 1 unspecified atom stereocenters. The van der Waals surface area contributed by atoms with Crippen molar-refractivity contribution in [2.45, 2.75) is 25.3 Å². The summed E-state index contributed by atoms with van der Waals surface area (Å²) in [4.78, 5) is 11.6. The van der Waals surface area contributed by atoms with Crippen LogP contribution in [-0.2, 0) is 12.8 Å². The molecule has 8 heteroatoms. The molecule has 1 aromatic carbocycles. The number of rotatable bonds is 9. The van der Waals surface area contributed by atoms with Gasteiger partial charge in [-0.05, 0) is 54.8 Å². The van der Waals surface area contributed by atoms with Gasteiger partial charge in [-0.3, -0.25) is 4.99 Å². The fourth-order valence-corrected chi connectivity index (χ4v) is 3.82. The molecule has 0 aliphatic carbocycles. The van der Waals surface area contributed by atoms with Crippen molar-refractivity contribution in [1.82, 2.24) is 15.6 Å². The molecular weight excluding hydrogens is 529 g/mol. The number of benzene rings is 1. The summed E-state index contributed by atoms with van der Waals surface area (Å²) in [7, 11) is 1.69. The number of nitrogens with zero attached hydrogens (tertiary/aromatic N) is 3. The van der Waals surface area contributed by atoms with Gasteiger partial charge in [-0.2, -0.15) is 0 Å². The smallest absolute Gasteiger partial charge is 0.191 e. The number of aromatic nitrogens is 1. The van der Waals surface area contributed by atoms with Gasteiger partial charge in [0.1, 0.15) is 17.3 Å². The lowest BCUT2D eigenvalue weighted by molar-refractivity contribution is 0.414. The summed E-state index contributed by atoms with van der Waals surface area (Å²) in [6.45, 7) is 3.37. The molecule has 3 aromatic rings. The predicted molar refractivity (Wildman–Crippen MR) is 143 cm³/mol. The van der Waals surface area contributed by atoms with E-state index in [2.05, 4.69) is 38.7 Å². The van der Waals surface area contributed by atoms with Gasteiger partial charge >= 0.3 is 0 Å². The minimum absolute atomic E-state index is 0. The Kier molecular flexibility index (Phi) is 9.86. The molecule has 0 spiro atoms. The minimum Gasteiger partial charge on any atom is -0.497 e. The number of pyridine rings is 1. The second-order valence-corrected chi connectivity index (χ2v) is 7.85. The summed E-state index contributed by atoms with van der Waals surface area (Å²) in [6.07, 6.45) is 6.29. The van der Waals surface area contributed by atoms with Gasteiger partial charge in [0, 0.05) is 44.8 Å². The molecule has 1 saturated heterocycles. The van der Waals surface area contributed by atoms with Gasteiger partial charge in [0.25, 0.3) is 0 Å². The molecule has 2 aromatic heterocycles. The van der Waals surface area contributed by atoms with E-state index < -0.39 is 0 Å². The van der Waals surface area contributed by atoms with E-state index in [1.54, 1.807) is 13.4 Å². The average Bonchev–Trinajstić information content (AvgIpc) is 3.52. The van der Waals surface area contributed by atoms with E-state index >= 15 is 0 Å². The summed E-state index contributed by atoms with van der Waals surface area (Å²) in [5.41, 5.74) is 1.26. The first kappa shape index (κ1) is 24.9. The van der Waals surface area contributed by atoms with Gasteiger partial charge in [-0.1, -0.05) is 18.2 Å². The molecule has 7 nitrogen and oxygen atoms in total. The number of halogens is 1. The molecule has 4 rings (SSSR count). The molecule has 33 heavy (non-hydrogen) atoms. The quantitative estimate of drug-likeness (QED) is 0.235. The van der Waals surface area contributed by atoms with Crippen LogP contribution in [-0.4, -0.2) is 50.3 Å². The zero-order chi connectivity index (χ0) is 22.0. The van der Waals surface area contributed by atoms with Crippen molar-refractivity contribution in [2.75, 3.05) is 38.2 Å². The molecule has 0 saturated carbocycles. The predicted octanol–water partition coefficient (Wildman–Crippen LogP) is 3.90. The van der Waals surface area contributed by atoms with Gasteiger partial charge in [-0.25, -0.2) is 4.98 Å². The van der Waals surface area contributed by atoms with Gasteiger partial charge < -0.3 is 24.7 Å². The van der Waals surface area contributed by atoms with Crippen LogP contribution in [0.4, 0.5) is 5.82 Å². The highest BCUT2D eigenvalue weighted by Gasteiger charge is 2.24. The molecule has 1 atom stereocenters. The molecule has 0 radical (unpaired) electrons. The number of aliphatic imine (C=N–C) groups is 1. The number of furan rings is 1. The number of hydrogen-bond donors (Lipinski definition) is 2. The van der Waals surface area contributed by atoms with E-state index in [9.17, 15) is 0 Å². The molecule has 1 aliphatic rings. The van der Waals surface area contributed by atoms with E-state index in [1.807, 2.05) is 42.6 Å². The lowest BCUT2D eigenvalue weighted by Gasteiger charge is -2.20. The zero-order valence-corrected chi connectivity index (χ0v) is 21.3. The first-order valence-electron chi connectivity index (χ1n) is 11.2. The van der Waals surface area contributed by atoms with Crippen molar-refractivity contribution in [1.29, 1.82) is 0 Å². The third kappa shape index (κ3) is 7.66. The Morgan fingerprint density at radius 2 is 2.03 bits per heavy atom. The minimum atomic E-state index is 0. The number of ether oxygens (including phenoxy) is 1. The largest absolute Gasteiger partial charge is 0.497 e. The number of guanidine groups is 1. The van der Waals surface area contributed by atoms with Crippen molar-refractivity contribution in [3.8, 4) is 5.75 Å². The van der Waals surface area contributed by atoms with Gasteiger partial charge in [0.2, 0.25) is 0 Å². The highest BCUT2D eigenvalue weighted by Crippen LogP contribution is 2.17. The Balaban J connectivity index is 0.00000306. The molecule has 2 N–H and O–H groups in total. The van der Waals surface area contributed by atoms with Crippen LogP contribution in [0.15, 0.2) is 76.5 Å². The molecule has 0 amide bonds. The Bertz CT molecular complexity index is 964. The summed E-state index contributed by atoms with van der Waals surface area (Å²) in [5.74, 6) is 3.70. The van der Waals surface area contributed by atoms with Crippen LogP contribution >= 0.6 is 24.0 Å². The number of hydrogen-bond acceptors (Lipinski definition) is 5. The molecule has 176 valence electrons. The first-order chi connectivity index (χ1) is 15.8. The van der Waals surface area contributed by atoms with Crippen molar-refractivity contribution in [3.63, 3.8) is 0 Å². The van der Waals surface area contributed by atoms with E-state index in [0.717, 1.165) is 62.2 Å². The van der Waals surface area contributed by atoms with Crippen molar-refractivity contribution in [2.24, 2.45) is 4.99 Å². The highest BCUT2D eigenvalue weighted by atomic mass is 127. The molecule has 1 aliphatic heterocycles. The molecule has 0 bridgehead atoms. The summed E-state index contributed by atoms with van der Waals surface area (Å²) in [6, 6.07) is 18.5. The second kappa shape index (κ2) is 13.1. The third-order valence-electron chi connectivity index (χ3n) is 5.58. The van der Waals surface area contributed by atoms with Crippen molar-refractivity contribution < 1.29 is 9.15 Å². The number of methoxy groups -OCH3 is 1. The van der Waals surface area contributed by atoms with Gasteiger partial charge in [0.15, 0.2) is 5.96 Å². The second-order valence-electron chi connectivity index (χ2n) is 7.85. The summed E-state index contributed by atoms with van der Waals surface area (Å²) in [5, 5.41) is 7.12. The lowest BCUT2D eigenvalue weighted by atomic mass is 10.1. The Labute approximate surface area is 212 Å². The molecular formula is C25H32IN5O2. The maximum atomic E-state index is 5.44.